The Labute approximate surface area is 118 Å². The molecule has 5 nitrogen and oxygen atoms in total. The molecular formula is C12H8ClN3O2S. The third-order valence-electron chi connectivity index (χ3n) is 2.05. The molecule has 0 aliphatic carbocycles. The molecule has 1 N–H and O–H groups in total. The predicted molar refractivity (Wildman–Crippen MR) is 72.4 cm³/mol. The number of aromatic nitrogens is 1. The summed E-state index contributed by atoms with van der Waals surface area (Å²) in [5.74, 6) is 0.213. The normalized spacial score (nSPS) is 9.68. The third kappa shape index (κ3) is 3.95. The summed E-state index contributed by atoms with van der Waals surface area (Å²) in [5, 5.41) is 12.2. The van der Waals surface area contributed by atoms with Gasteiger partial charge < -0.3 is 4.74 Å². The van der Waals surface area contributed by atoms with Crippen LogP contribution in [0.3, 0.4) is 0 Å². The third-order valence-corrected chi connectivity index (χ3v) is 3.12. The highest BCUT2D eigenvalue weighted by Gasteiger charge is 2.07. The highest BCUT2D eigenvalue weighted by molar-refractivity contribution is 7.16. The first-order valence-corrected chi connectivity index (χ1v) is 6.41. The summed E-state index contributed by atoms with van der Waals surface area (Å²) >= 11 is 6.84. The van der Waals surface area contributed by atoms with Crippen molar-refractivity contribution in [2.75, 3.05) is 11.9 Å². The van der Waals surface area contributed by atoms with Gasteiger partial charge >= 0.3 is 0 Å². The molecule has 1 aromatic heterocycles. The van der Waals surface area contributed by atoms with Gasteiger partial charge in [-0.2, -0.15) is 5.26 Å². The summed E-state index contributed by atoms with van der Waals surface area (Å²) in [4.78, 5) is 15.9. The molecule has 96 valence electrons. The fraction of sp³-hybridized carbons (Fsp3) is 0.0833. The van der Waals surface area contributed by atoms with Crippen molar-refractivity contribution in [1.82, 2.24) is 4.98 Å². The number of hydrogen-bond acceptors (Lipinski definition) is 5. The Balaban J connectivity index is 1.84. The van der Waals surface area contributed by atoms with Gasteiger partial charge in [-0.05, 0) is 24.3 Å². The largest absolute Gasteiger partial charge is 0.484 e. The van der Waals surface area contributed by atoms with Crippen LogP contribution in [-0.2, 0) is 4.79 Å². The molecule has 19 heavy (non-hydrogen) atoms. The van der Waals surface area contributed by atoms with Crippen molar-refractivity contribution >= 4 is 34.0 Å². The number of amides is 1. The maximum Gasteiger partial charge on any atom is 0.264 e. The van der Waals surface area contributed by atoms with Crippen LogP contribution in [0.4, 0.5) is 5.13 Å². The van der Waals surface area contributed by atoms with Crippen molar-refractivity contribution in [1.29, 1.82) is 5.26 Å². The molecule has 0 fully saturated rings. The molecule has 0 aliphatic rings. The van der Waals surface area contributed by atoms with Crippen LogP contribution in [0.5, 0.6) is 5.75 Å². The number of nitriles is 1. The SMILES string of the molecule is N#Cc1cnc(NC(=O)COc2ccc(Cl)cc2)s1. The summed E-state index contributed by atoms with van der Waals surface area (Å²) in [6.07, 6.45) is 1.40. The number of carbonyl (C=O) groups is 1. The van der Waals surface area contributed by atoms with E-state index in [-0.39, 0.29) is 12.5 Å². The minimum atomic E-state index is -0.339. The van der Waals surface area contributed by atoms with Crippen LogP contribution in [0.15, 0.2) is 30.5 Å². The second-order valence-corrected chi connectivity index (χ2v) is 4.90. The Bertz CT molecular complexity index is 619. The Hall–Kier alpha value is -2.10. The molecule has 0 bridgehead atoms. The fourth-order valence-corrected chi connectivity index (χ4v) is 1.97. The zero-order chi connectivity index (χ0) is 13.7. The first-order valence-electron chi connectivity index (χ1n) is 5.21. The number of anilines is 1. The van der Waals surface area contributed by atoms with E-state index in [1.165, 1.54) is 6.20 Å². The Morgan fingerprint density at radius 2 is 2.21 bits per heavy atom. The van der Waals surface area contributed by atoms with E-state index in [0.717, 1.165) is 11.3 Å². The molecule has 0 saturated carbocycles. The van der Waals surface area contributed by atoms with Gasteiger partial charge in [-0.25, -0.2) is 4.98 Å². The standard InChI is InChI=1S/C12H8ClN3O2S/c13-8-1-3-9(4-2-8)18-7-11(17)16-12-15-6-10(5-14)19-12/h1-4,6H,7H2,(H,15,16,17). The molecule has 2 aromatic rings. The maximum atomic E-state index is 11.6. The van der Waals surface area contributed by atoms with Gasteiger partial charge in [0.15, 0.2) is 11.7 Å². The zero-order valence-corrected chi connectivity index (χ0v) is 11.2. The van der Waals surface area contributed by atoms with Gasteiger partial charge in [-0.3, -0.25) is 10.1 Å². The van der Waals surface area contributed by atoms with Gasteiger partial charge in [0.1, 0.15) is 16.7 Å². The van der Waals surface area contributed by atoms with Crippen molar-refractivity contribution in [3.63, 3.8) is 0 Å². The molecular weight excluding hydrogens is 286 g/mol. The smallest absolute Gasteiger partial charge is 0.264 e. The van der Waals surface area contributed by atoms with Crippen molar-refractivity contribution in [2.45, 2.75) is 0 Å². The zero-order valence-electron chi connectivity index (χ0n) is 9.59. The van der Waals surface area contributed by atoms with Crippen LogP contribution in [0.2, 0.25) is 5.02 Å². The van der Waals surface area contributed by atoms with Crippen molar-refractivity contribution < 1.29 is 9.53 Å². The van der Waals surface area contributed by atoms with Crippen molar-refractivity contribution in [3.8, 4) is 11.8 Å². The van der Waals surface area contributed by atoms with Crippen molar-refractivity contribution in [2.24, 2.45) is 0 Å². The van der Waals surface area contributed by atoms with Crippen LogP contribution in [0.25, 0.3) is 0 Å². The lowest BCUT2D eigenvalue weighted by molar-refractivity contribution is -0.118. The molecule has 0 saturated heterocycles. The first kappa shape index (κ1) is 13.3. The van der Waals surface area contributed by atoms with E-state index in [1.54, 1.807) is 24.3 Å². The monoisotopic (exact) mass is 293 g/mol. The van der Waals surface area contributed by atoms with Gasteiger partial charge in [0.05, 0.1) is 6.20 Å². The van der Waals surface area contributed by atoms with Crippen LogP contribution >= 0.6 is 22.9 Å². The molecule has 0 radical (unpaired) electrons. The minimum absolute atomic E-state index is 0.136. The average molecular weight is 294 g/mol. The van der Waals surface area contributed by atoms with E-state index in [2.05, 4.69) is 10.3 Å². The van der Waals surface area contributed by atoms with E-state index in [0.29, 0.717) is 20.8 Å². The summed E-state index contributed by atoms with van der Waals surface area (Å²) in [7, 11) is 0. The van der Waals surface area contributed by atoms with Gasteiger partial charge in [-0.1, -0.05) is 22.9 Å². The predicted octanol–water partition coefficient (Wildman–Crippen LogP) is 2.69. The quantitative estimate of drug-likeness (QED) is 0.940. The summed E-state index contributed by atoms with van der Waals surface area (Å²) in [6, 6.07) is 8.64. The van der Waals surface area contributed by atoms with E-state index in [4.69, 9.17) is 21.6 Å². The number of nitrogens with one attached hydrogen (secondary N) is 1. The number of rotatable bonds is 4. The average Bonchev–Trinajstić information content (AvgIpc) is 2.86. The number of benzene rings is 1. The lowest BCUT2D eigenvalue weighted by atomic mass is 10.3. The van der Waals surface area contributed by atoms with E-state index in [1.807, 2.05) is 6.07 Å². The summed E-state index contributed by atoms with van der Waals surface area (Å²) in [6.45, 7) is -0.136. The van der Waals surface area contributed by atoms with Crippen LogP contribution in [0.1, 0.15) is 4.88 Å². The number of carbonyl (C=O) groups excluding carboxylic acids is 1. The lowest BCUT2D eigenvalue weighted by Crippen LogP contribution is -2.19. The topological polar surface area (TPSA) is 75.0 Å². The highest BCUT2D eigenvalue weighted by Crippen LogP contribution is 2.17. The first-order chi connectivity index (χ1) is 9.17. The minimum Gasteiger partial charge on any atom is -0.484 e. The number of halogens is 1. The number of hydrogen-bond donors (Lipinski definition) is 1. The van der Waals surface area contributed by atoms with Gasteiger partial charge in [0.2, 0.25) is 0 Å². The number of ether oxygens (including phenoxy) is 1. The van der Waals surface area contributed by atoms with E-state index < -0.39 is 0 Å². The van der Waals surface area contributed by atoms with Crippen LogP contribution in [-0.4, -0.2) is 17.5 Å². The second kappa shape index (κ2) is 6.18. The second-order valence-electron chi connectivity index (χ2n) is 3.43. The van der Waals surface area contributed by atoms with Gasteiger partial charge in [-0.15, -0.1) is 0 Å². The van der Waals surface area contributed by atoms with Gasteiger partial charge in [0.25, 0.3) is 5.91 Å². The summed E-state index contributed by atoms with van der Waals surface area (Å²) in [5.41, 5.74) is 0. The Morgan fingerprint density at radius 1 is 1.47 bits per heavy atom. The highest BCUT2D eigenvalue weighted by atomic mass is 35.5. The number of thiazole rings is 1. The molecule has 0 aliphatic heterocycles. The van der Waals surface area contributed by atoms with Crippen LogP contribution in [0, 0.1) is 11.3 Å². The molecule has 1 heterocycles. The Morgan fingerprint density at radius 3 is 2.84 bits per heavy atom. The van der Waals surface area contributed by atoms with Crippen molar-refractivity contribution in [3.05, 3.63) is 40.4 Å². The van der Waals surface area contributed by atoms with Gasteiger partial charge in [0, 0.05) is 5.02 Å². The van der Waals surface area contributed by atoms with E-state index in [9.17, 15) is 4.79 Å². The summed E-state index contributed by atoms with van der Waals surface area (Å²) < 4.78 is 5.27. The molecule has 0 unspecified atom stereocenters. The molecule has 1 amide bonds. The fourth-order valence-electron chi connectivity index (χ4n) is 1.22. The Kier molecular flexibility index (Phi) is 4.34. The maximum absolute atomic E-state index is 11.6. The molecule has 7 heteroatoms. The molecule has 2 rings (SSSR count). The molecule has 1 aromatic carbocycles. The molecule has 0 atom stereocenters. The van der Waals surface area contributed by atoms with E-state index >= 15 is 0 Å². The lowest BCUT2D eigenvalue weighted by Gasteiger charge is -2.05. The number of nitrogens with zero attached hydrogens (tertiary/aromatic N) is 2. The molecule has 0 spiro atoms. The van der Waals surface area contributed by atoms with Crippen LogP contribution < -0.4 is 10.1 Å².